The summed E-state index contributed by atoms with van der Waals surface area (Å²) in [7, 11) is 0. The molecule has 0 fully saturated rings. The summed E-state index contributed by atoms with van der Waals surface area (Å²) in [5.74, 6) is 2.35. The summed E-state index contributed by atoms with van der Waals surface area (Å²) in [6, 6.07) is 8.10. The average molecular weight is 360 g/mol. The fourth-order valence-corrected chi connectivity index (χ4v) is 2.89. The zero-order valence-corrected chi connectivity index (χ0v) is 16.5. The molecule has 1 atom stereocenters. The molecule has 0 radical (unpaired) electrons. The van der Waals surface area contributed by atoms with Crippen molar-refractivity contribution >= 4 is 17.0 Å². The number of aliphatic imine (C=N–C) groups is 1. The molecule has 1 aromatic heterocycles. The fraction of sp³-hybridized carbons (Fsp3) is 0.600. The predicted molar refractivity (Wildman–Crippen MR) is 109 cm³/mol. The molecule has 26 heavy (non-hydrogen) atoms. The number of aromatic amines is 1. The minimum Gasteiger partial charge on any atom is -0.378 e. The van der Waals surface area contributed by atoms with Gasteiger partial charge in [0, 0.05) is 32.7 Å². The molecule has 0 aliphatic heterocycles. The molecule has 144 valence electrons. The molecule has 0 saturated heterocycles. The standard InChI is InChI=1S/C20H33N5O/c1-5-21-20(22-13-11-18(15(3)4)26-6-2)23-14-12-19-24-16-9-7-8-10-17(16)25-19/h7-10,15,18H,5-6,11-14H2,1-4H3,(H,24,25)(H2,21,22,23). The Hall–Kier alpha value is -2.08. The highest BCUT2D eigenvalue weighted by Crippen LogP contribution is 2.11. The quantitative estimate of drug-likeness (QED) is 0.450. The first-order valence-electron chi connectivity index (χ1n) is 9.71. The SMILES string of the molecule is CCNC(=NCCC(OCC)C(C)C)NCCc1nc2ccccc2[nH]1. The van der Waals surface area contributed by atoms with Gasteiger partial charge in [-0.1, -0.05) is 26.0 Å². The average Bonchev–Trinajstić information content (AvgIpc) is 3.03. The summed E-state index contributed by atoms with van der Waals surface area (Å²) < 4.78 is 5.79. The van der Waals surface area contributed by atoms with Crippen molar-refractivity contribution in [1.82, 2.24) is 20.6 Å². The highest BCUT2D eigenvalue weighted by molar-refractivity contribution is 5.79. The number of imidazole rings is 1. The first-order chi connectivity index (χ1) is 12.6. The summed E-state index contributed by atoms with van der Waals surface area (Å²) >= 11 is 0. The Morgan fingerprint density at radius 1 is 1.23 bits per heavy atom. The van der Waals surface area contributed by atoms with Crippen LogP contribution in [-0.4, -0.2) is 48.3 Å². The molecule has 1 aromatic carbocycles. The fourth-order valence-electron chi connectivity index (χ4n) is 2.89. The van der Waals surface area contributed by atoms with Gasteiger partial charge in [0.15, 0.2) is 5.96 Å². The Balaban J connectivity index is 1.82. The molecule has 0 spiro atoms. The van der Waals surface area contributed by atoms with Gasteiger partial charge >= 0.3 is 0 Å². The summed E-state index contributed by atoms with van der Waals surface area (Å²) in [6.07, 6.45) is 2.03. The molecule has 6 nitrogen and oxygen atoms in total. The van der Waals surface area contributed by atoms with Crippen LogP contribution >= 0.6 is 0 Å². The Kier molecular flexibility index (Phi) is 8.41. The zero-order chi connectivity index (χ0) is 18.8. The van der Waals surface area contributed by atoms with E-state index in [1.54, 1.807) is 0 Å². The minimum atomic E-state index is 0.266. The normalized spacial score (nSPS) is 13.3. The van der Waals surface area contributed by atoms with Crippen LogP contribution in [0.2, 0.25) is 0 Å². The van der Waals surface area contributed by atoms with Crippen molar-refractivity contribution < 1.29 is 4.74 Å². The van der Waals surface area contributed by atoms with Crippen LogP contribution in [0, 0.1) is 5.92 Å². The molecule has 0 aliphatic carbocycles. The third kappa shape index (κ3) is 6.33. The number of nitrogens with one attached hydrogen (secondary N) is 3. The van der Waals surface area contributed by atoms with Crippen LogP contribution in [0.15, 0.2) is 29.3 Å². The van der Waals surface area contributed by atoms with Crippen LogP contribution in [0.5, 0.6) is 0 Å². The Labute approximate surface area is 156 Å². The van der Waals surface area contributed by atoms with E-state index in [-0.39, 0.29) is 6.10 Å². The second-order valence-electron chi connectivity index (χ2n) is 6.66. The lowest BCUT2D eigenvalue weighted by Crippen LogP contribution is -2.38. The van der Waals surface area contributed by atoms with E-state index in [0.29, 0.717) is 5.92 Å². The molecule has 3 N–H and O–H groups in total. The topological polar surface area (TPSA) is 74.3 Å². The third-order valence-corrected chi connectivity index (χ3v) is 4.24. The smallest absolute Gasteiger partial charge is 0.191 e. The largest absolute Gasteiger partial charge is 0.378 e. The number of nitrogens with zero attached hydrogens (tertiary/aromatic N) is 2. The molecule has 6 heteroatoms. The lowest BCUT2D eigenvalue weighted by molar-refractivity contribution is 0.0266. The summed E-state index contributed by atoms with van der Waals surface area (Å²) in [5.41, 5.74) is 2.09. The maximum absolute atomic E-state index is 5.79. The van der Waals surface area contributed by atoms with Gasteiger partial charge in [0.2, 0.25) is 0 Å². The number of para-hydroxylation sites is 2. The molecular weight excluding hydrogens is 326 g/mol. The van der Waals surface area contributed by atoms with Gasteiger partial charge in [0.25, 0.3) is 0 Å². The van der Waals surface area contributed by atoms with Gasteiger partial charge in [0.05, 0.1) is 17.1 Å². The first kappa shape index (κ1) is 20.2. The van der Waals surface area contributed by atoms with Gasteiger partial charge in [-0.05, 0) is 38.3 Å². The van der Waals surface area contributed by atoms with E-state index in [4.69, 9.17) is 4.74 Å². The number of ether oxygens (including phenoxy) is 1. The number of guanidine groups is 1. The van der Waals surface area contributed by atoms with E-state index < -0.39 is 0 Å². The molecule has 1 heterocycles. The number of benzene rings is 1. The van der Waals surface area contributed by atoms with Gasteiger partial charge in [-0.25, -0.2) is 4.98 Å². The number of hydrogen-bond acceptors (Lipinski definition) is 3. The molecule has 0 saturated carbocycles. The molecule has 2 aromatic rings. The zero-order valence-electron chi connectivity index (χ0n) is 16.5. The van der Waals surface area contributed by atoms with Crippen LogP contribution in [0.3, 0.4) is 0 Å². The number of aromatic nitrogens is 2. The van der Waals surface area contributed by atoms with Crippen LogP contribution in [0.25, 0.3) is 11.0 Å². The van der Waals surface area contributed by atoms with E-state index in [2.05, 4.69) is 46.4 Å². The Morgan fingerprint density at radius 3 is 2.73 bits per heavy atom. The van der Waals surface area contributed by atoms with E-state index >= 15 is 0 Å². The first-order valence-corrected chi connectivity index (χ1v) is 9.71. The van der Waals surface area contributed by atoms with Gasteiger partial charge in [-0.2, -0.15) is 0 Å². The van der Waals surface area contributed by atoms with Crippen LogP contribution in [0.1, 0.15) is 39.9 Å². The second kappa shape index (κ2) is 10.8. The number of fused-ring (bicyclic) bond motifs is 1. The third-order valence-electron chi connectivity index (χ3n) is 4.24. The highest BCUT2D eigenvalue weighted by Gasteiger charge is 2.12. The van der Waals surface area contributed by atoms with Crippen molar-refractivity contribution in [3.8, 4) is 0 Å². The van der Waals surface area contributed by atoms with E-state index in [1.165, 1.54) is 0 Å². The maximum Gasteiger partial charge on any atom is 0.191 e. The van der Waals surface area contributed by atoms with E-state index in [1.807, 2.05) is 31.2 Å². The minimum absolute atomic E-state index is 0.266. The van der Waals surface area contributed by atoms with Gasteiger partial charge in [-0.3, -0.25) is 4.99 Å². The molecule has 0 amide bonds. The van der Waals surface area contributed by atoms with Crippen molar-refractivity contribution in [2.24, 2.45) is 10.9 Å². The predicted octanol–water partition coefficient (Wildman–Crippen LogP) is 3.11. The van der Waals surface area contributed by atoms with Crippen LogP contribution in [0.4, 0.5) is 0 Å². The summed E-state index contributed by atoms with van der Waals surface area (Å²) in [4.78, 5) is 12.6. The molecule has 2 rings (SSSR count). The summed E-state index contributed by atoms with van der Waals surface area (Å²) in [6.45, 7) is 11.6. The van der Waals surface area contributed by atoms with E-state index in [0.717, 1.165) is 61.9 Å². The van der Waals surface area contributed by atoms with Gasteiger partial charge in [-0.15, -0.1) is 0 Å². The number of hydrogen-bond donors (Lipinski definition) is 3. The highest BCUT2D eigenvalue weighted by atomic mass is 16.5. The lowest BCUT2D eigenvalue weighted by atomic mass is 10.0. The summed E-state index contributed by atoms with van der Waals surface area (Å²) in [5, 5.41) is 6.68. The molecular formula is C20H33N5O. The molecule has 1 unspecified atom stereocenters. The van der Waals surface area contributed by atoms with Gasteiger partial charge < -0.3 is 20.4 Å². The molecule has 0 aliphatic rings. The van der Waals surface area contributed by atoms with E-state index in [9.17, 15) is 0 Å². The molecule has 0 bridgehead atoms. The Bertz CT molecular complexity index is 647. The van der Waals surface area contributed by atoms with Crippen molar-refractivity contribution in [3.05, 3.63) is 30.1 Å². The van der Waals surface area contributed by atoms with Gasteiger partial charge in [0.1, 0.15) is 5.82 Å². The van der Waals surface area contributed by atoms with Crippen molar-refractivity contribution in [1.29, 1.82) is 0 Å². The number of H-pyrrole nitrogens is 1. The Morgan fingerprint density at radius 2 is 2.04 bits per heavy atom. The second-order valence-corrected chi connectivity index (χ2v) is 6.66. The lowest BCUT2D eigenvalue weighted by Gasteiger charge is -2.20. The van der Waals surface area contributed by atoms with Crippen molar-refractivity contribution in [2.45, 2.75) is 46.6 Å². The van der Waals surface area contributed by atoms with Crippen LogP contribution in [-0.2, 0) is 11.2 Å². The van der Waals surface area contributed by atoms with Crippen molar-refractivity contribution in [3.63, 3.8) is 0 Å². The van der Waals surface area contributed by atoms with Crippen LogP contribution < -0.4 is 10.6 Å². The van der Waals surface area contributed by atoms with Crippen molar-refractivity contribution in [2.75, 3.05) is 26.2 Å². The maximum atomic E-state index is 5.79. The monoisotopic (exact) mass is 359 g/mol. The number of rotatable bonds is 10.